The first-order valence-corrected chi connectivity index (χ1v) is 9.91. The second-order valence-corrected chi connectivity index (χ2v) is 6.95. The zero-order valence-electron chi connectivity index (χ0n) is 13.9. The Morgan fingerprint density at radius 1 is 0.810 bits per heavy atom. The van der Waals surface area contributed by atoms with E-state index in [9.17, 15) is 0 Å². The number of hydrogen-bond donors (Lipinski definition) is 0. The van der Waals surface area contributed by atoms with E-state index in [1.54, 1.807) is 4.88 Å². The van der Waals surface area contributed by atoms with Gasteiger partial charge in [0.15, 0.2) is 0 Å². The van der Waals surface area contributed by atoms with E-state index in [2.05, 4.69) is 24.4 Å². The second kappa shape index (κ2) is 14.6. The number of thiophene rings is 1. The molecule has 122 valence electrons. The fourth-order valence-electron chi connectivity index (χ4n) is 2.69. The number of hydrogen-bond acceptors (Lipinski definition) is 2. The first-order valence-electron chi connectivity index (χ1n) is 9.03. The van der Waals surface area contributed by atoms with Gasteiger partial charge in [0.1, 0.15) is 0 Å². The number of rotatable bonds is 15. The molecule has 1 heterocycles. The normalized spacial score (nSPS) is 11.1. The zero-order valence-corrected chi connectivity index (χ0v) is 14.8. The summed E-state index contributed by atoms with van der Waals surface area (Å²) in [7, 11) is 0. The van der Waals surface area contributed by atoms with Gasteiger partial charge in [-0.15, -0.1) is 11.3 Å². The van der Waals surface area contributed by atoms with Gasteiger partial charge >= 0.3 is 0 Å². The SMILES string of the molecule is CCOCCCCCCCCCCCCCc1cccs1. The summed E-state index contributed by atoms with van der Waals surface area (Å²) in [6.07, 6.45) is 16.7. The van der Waals surface area contributed by atoms with Crippen molar-refractivity contribution < 1.29 is 4.74 Å². The Hall–Kier alpha value is -0.340. The Bertz CT molecular complexity index is 295. The van der Waals surface area contributed by atoms with Gasteiger partial charge in [0.25, 0.3) is 0 Å². The summed E-state index contributed by atoms with van der Waals surface area (Å²) < 4.78 is 5.35. The molecule has 0 aliphatic rings. The molecule has 0 fully saturated rings. The topological polar surface area (TPSA) is 9.23 Å². The smallest absolute Gasteiger partial charge is 0.0465 e. The minimum atomic E-state index is 0.868. The molecule has 0 bridgehead atoms. The molecule has 1 aromatic heterocycles. The Morgan fingerprint density at radius 3 is 1.90 bits per heavy atom. The number of ether oxygens (including phenoxy) is 1. The molecule has 1 nitrogen and oxygen atoms in total. The molecule has 2 heteroatoms. The van der Waals surface area contributed by atoms with Crippen LogP contribution < -0.4 is 0 Å². The molecule has 0 aliphatic heterocycles. The van der Waals surface area contributed by atoms with Crippen LogP contribution >= 0.6 is 11.3 Å². The summed E-state index contributed by atoms with van der Waals surface area (Å²) in [6, 6.07) is 4.43. The molecule has 0 atom stereocenters. The van der Waals surface area contributed by atoms with Crippen molar-refractivity contribution in [1.82, 2.24) is 0 Å². The Kier molecular flexibility index (Phi) is 13.0. The van der Waals surface area contributed by atoms with Gasteiger partial charge in [-0.05, 0) is 37.6 Å². The van der Waals surface area contributed by atoms with Crippen LogP contribution in [0, 0.1) is 0 Å². The largest absolute Gasteiger partial charge is 0.382 e. The van der Waals surface area contributed by atoms with Crippen LogP contribution in [0.2, 0.25) is 0 Å². The summed E-state index contributed by atoms with van der Waals surface area (Å²) in [4.78, 5) is 1.55. The molecule has 0 aliphatic carbocycles. The van der Waals surface area contributed by atoms with Crippen molar-refractivity contribution in [3.63, 3.8) is 0 Å². The van der Waals surface area contributed by atoms with Gasteiger partial charge in [0, 0.05) is 18.1 Å². The lowest BCUT2D eigenvalue weighted by Crippen LogP contribution is -1.92. The molecular formula is C19H34OS. The molecule has 0 amide bonds. The van der Waals surface area contributed by atoms with Gasteiger partial charge in [-0.25, -0.2) is 0 Å². The van der Waals surface area contributed by atoms with Crippen molar-refractivity contribution in [2.45, 2.75) is 84.0 Å². The standard InChI is InChI=1S/C19H34OS/c1-2-20-17-13-11-9-7-5-3-4-6-8-10-12-15-19-16-14-18-21-19/h14,16,18H,2-13,15,17H2,1H3. The fraction of sp³-hybridized carbons (Fsp3) is 0.789. The molecule has 0 unspecified atom stereocenters. The minimum Gasteiger partial charge on any atom is -0.382 e. The lowest BCUT2D eigenvalue weighted by atomic mass is 10.1. The van der Waals surface area contributed by atoms with E-state index in [0.717, 1.165) is 13.2 Å². The first-order chi connectivity index (χ1) is 10.4. The molecule has 0 saturated carbocycles. The average molecular weight is 311 g/mol. The van der Waals surface area contributed by atoms with Crippen molar-refractivity contribution in [3.8, 4) is 0 Å². The molecule has 0 N–H and O–H groups in total. The highest BCUT2D eigenvalue weighted by molar-refractivity contribution is 7.09. The molecule has 0 spiro atoms. The van der Waals surface area contributed by atoms with E-state index in [4.69, 9.17) is 4.74 Å². The van der Waals surface area contributed by atoms with Crippen molar-refractivity contribution in [1.29, 1.82) is 0 Å². The van der Waals surface area contributed by atoms with Crippen LogP contribution in [0.1, 0.15) is 82.4 Å². The summed E-state index contributed by atoms with van der Waals surface area (Å²) >= 11 is 1.90. The maximum atomic E-state index is 5.35. The molecule has 0 radical (unpaired) electrons. The fourth-order valence-corrected chi connectivity index (χ4v) is 3.44. The monoisotopic (exact) mass is 310 g/mol. The maximum Gasteiger partial charge on any atom is 0.0465 e. The Labute approximate surface area is 136 Å². The summed E-state index contributed by atoms with van der Waals surface area (Å²) in [6.45, 7) is 3.90. The van der Waals surface area contributed by atoms with E-state index in [0.29, 0.717) is 0 Å². The lowest BCUT2D eigenvalue weighted by molar-refractivity contribution is 0.143. The van der Waals surface area contributed by atoms with Crippen LogP contribution in [0.25, 0.3) is 0 Å². The Balaban J connectivity index is 1.69. The van der Waals surface area contributed by atoms with Crippen LogP contribution in [-0.4, -0.2) is 13.2 Å². The van der Waals surface area contributed by atoms with E-state index >= 15 is 0 Å². The van der Waals surface area contributed by atoms with E-state index < -0.39 is 0 Å². The van der Waals surface area contributed by atoms with Gasteiger partial charge in [0.05, 0.1) is 0 Å². The van der Waals surface area contributed by atoms with Crippen LogP contribution in [0.3, 0.4) is 0 Å². The quantitative estimate of drug-likeness (QED) is 0.331. The van der Waals surface area contributed by atoms with Crippen LogP contribution in [0.4, 0.5) is 0 Å². The molecular weight excluding hydrogens is 276 g/mol. The molecule has 0 saturated heterocycles. The lowest BCUT2D eigenvalue weighted by Gasteiger charge is -2.03. The third kappa shape index (κ3) is 11.9. The van der Waals surface area contributed by atoms with Crippen molar-refractivity contribution in [2.75, 3.05) is 13.2 Å². The van der Waals surface area contributed by atoms with Gasteiger partial charge in [-0.3, -0.25) is 0 Å². The van der Waals surface area contributed by atoms with Gasteiger partial charge in [0.2, 0.25) is 0 Å². The van der Waals surface area contributed by atoms with E-state index in [1.165, 1.54) is 77.0 Å². The van der Waals surface area contributed by atoms with Gasteiger partial charge in [-0.1, -0.05) is 63.9 Å². The summed E-state index contributed by atoms with van der Waals surface area (Å²) in [5.74, 6) is 0. The van der Waals surface area contributed by atoms with E-state index in [1.807, 2.05) is 11.3 Å². The highest BCUT2D eigenvalue weighted by atomic mass is 32.1. The van der Waals surface area contributed by atoms with E-state index in [-0.39, 0.29) is 0 Å². The van der Waals surface area contributed by atoms with Crippen LogP contribution in [0.15, 0.2) is 17.5 Å². The van der Waals surface area contributed by atoms with Crippen LogP contribution in [0.5, 0.6) is 0 Å². The second-order valence-electron chi connectivity index (χ2n) is 5.92. The zero-order chi connectivity index (χ0) is 15.0. The highest BCUT2D eigenvalue weighted by Crippen LogP contribution is 2.15. The maximum absolute atomic E-state index is 5.35. The summed E-state index contributed by atoms with van der Waals surface area (Å²) in [5, 5.41) is 2.19. The number of aryl methyl sites for hydroxylation is 1. The number of unbranched alkanes of at least 4 members (excludes halogenated alkanes) is 10. The van der Waals surface area contributed by atoms with Crippen LogP contribution in [-0.2, 0) is 11.2 Å². The molecule has 1 rings (SSSR count). The van der Waals surface area contributed by atoms with Crippen molar-refractivity contribution in [3.05, 3.63) is 22.4 Å². The molecule has 21 heavy (non-hydrogen) atoms. The average Bonchev–Trinajstić information content (AvgIpc) is 3.01. The van der Waals surface area contributed by atoms with Gasteiger partial charge < -0.3 is 4.74 Å². The predicted molar refractivity (Wildman–Crippen MR) is 95.3 cm³/mol. The minimum absolute atomic E-state index is 0.868. The first kappa shape index (κ1) is 18.7. The van der Waals surface area contributed by atoms with Crippen molar-refractivity contribution in [2.24, 2.45) is 0 Å². The molecule has 1 aromatic rings. The van der Waals surface area contributed by atoms with Crippen molar-refractivity contribution >= 4 is 11.3 Å². The third-order valence-corrected chi connectivity index (χ3v) is 4.93. The molecule has 0 aromatic carbocycles. The highest BCUT2D eigenvalue weighted by Gasteiger charge is 1.95. The summed E-state index contributed by atoms with van der Waals surface area (Å²) in [5.41, 5.74) is 0. The van der Waals surface area contributed by atoms with Gasteiger partial charge in [-0.2, -0.15) is 0 Å². The Morgan fingerprint density at radius 2 is 1.38 bits per heavy atom. The third-order valence-electron chi connectivity index (χ3n) is 4.00. The predicted octanol–water partition coefficient (Wildman–Crippen LogP) is 6.62.